The van der Waals surface area contributed by atoms with Crippen molar-refractivity contribution in [3.8, 4) is 28.1 Å². The van der Waals surface area contributed by atoms with Crippen LogP contribution in [0.1, 0.15) is 17.7 Å². The van der Waals surface area contributed by atoms with Crippen LogP contribution in [-0.2, 0) is 9.84 Å². The average molecular weight is 483 g/mol. The number of nitrogens with zero attached hydrogens (tertiary/aromatic N) is 1. The van der Waals surface area contributed by atoms with Crippen molar-refractivity contribution in [3.63, 3.8) is 0 Å². The molecule has 1 aromatic heterocycles. The summed E-state index contributed by atoms with van der Waals surface area (Å²) >= 11 is 0. The Morgan fingerprint density at radius 2 is 1.62 bits per heavy atom. The van der Waals surface area contributed by atoms with E-state index in [1.807, 2.05) is 0 Å². The van der Waals surface area contributed by atoms with Gasteiger partial charge in [-0.2, -0.15) is 0 Å². The third-order valence-electron chi connectivity index (χ3n) is 4.26. The van der Waals surface area contributed by atoms with Crippen LogP contribution in [-0.4, -0.2) is 26.2 Å². The molecular formula is C19H12F7NO4S. The number of sulfone groups is 1. The van der Waals surface area contributed by atoms with Gasteiger partial charge in [-0.1, -0.05) is 17.3 Å². The number of aromatic nitrogens is 1. The highest BCUT2D eigenvalue weighted by atomic mass is 32.2. The molecule has 0 unspecified atom stereocenters. The first-order chi connectivity index (χ1) is 14.7. The van der Waals surface area contributed by atoms with Gasteiger partial charge in [0.25, 0.3) is 6.43 Å². The van der Waals surface area contributed by atoms with Gasteiger partial charge in [0, 0.05) is 11.8 Å². The normalized spacial score (nSPS) is 12.4. The van der Waals surface area contributed by atoms with Crippen molar-refractivity contribution in [3.05, 3.63) is 53.3 Å². The van der Waals surface area contributed by atoms with Crippen molar-refractivity contribution >= 4 is 9.84 Å². The van der Waals surface area contributed by atoms with E-state index in [-0.39, 0.29) is 11.1 Å². The largest absolute Gasteiger partial charge is 0.573 e. The molecular weight excluding hydrogens is 471 g/mol. The molecule has 3 aromatic rings. The third kappa shape index (κ3) is 4.71. The predicted octanol–water partition coefficient (Wildman–Crippen LogP) is 5.83. The van der Waals surface area contributed by atoms with Gasteiger partial charge < -0.3 is 9.26 Å². The molecule has 1 heterocycles. The Hall–Kier alpha value is -3.09. The monoisotopic (exact) mass is 483 g/mol. The van der Waals surface area contributed by atoms with E-state index in [9.17, 15) is 39.2 Å². The fourth-order valence-corrected chi connectivity index (χ4v) is 3.79. The first-order valence-corrected chi connectivity index (χ1v) is 10.4. The van der Waals surface area contributed by atoms with E-state index in [0.717, 1.165) is 6.07 Å². The Morgan fingerprint density at radius 3 is 2.12 bits per heavy atom. The molecule has 0 saturated heterocycles. The molecule has 5 nitrogen and oxygen atoms in total. The summed E-state index contributed by atoms with van der Waals surface area (Å²) in [6, 6.07) is 4.22. The van der Waals surface area contributed by atoms with Crippen molar-refractivity contribution in [2.75, 3.05) is 6.26 Å². The van der Waals surface area contributed by atoms with Gasteiger partial charge in [0.2, 0.25) is 5.76 Å². The number of benzene rings is 2. The minimum atomic E-state index is -5.04. The van der Waals surface area contributed by atoms with Crippen LogP contribution < -0.4 is 4.74 Å². The van der Waals surface area contributed by atoms with E-state index in [4.69, 9.17) is 0 Å². The molecule has 3 rings (SSSR count). The van der Waals surface area contributed by atoms with Gasteiger partial charge in [0.15, 0.2) is 9.84 Å². The molecule has 0 N–H and O–H groups in total. The zero-order valence-electron chi connectivity index (χ0n) is 16.1. The third-order valence-corrected chi connectivity index (χ3v) is 5.39. The minimum Gasteiger partial charge on any atom is -0.405 e. The maximum Gasteiger partial charge on any atom is 0.573 e. The summed E-state index contributed by atoms with van der Waals surface area (Å²) in [6.07, 6.45) is -7.81. The van der Waals surface area contributed by atoms with Crippen molar-refractivity contribution in [2.24, 2.45) is 0 Å². The molecule has 172 valence electrons. The van der Waals surface area contributed by atoms with Crippen LogP contribution in [0.25, 0.3) is 22.4 Å². The number of hydrogen-bond acceptors (Lipinski definition) is 5. The van der Waals surface area contributed by atoms with Crippen LogP contribution in [0.15, 0.2) is 39.8 Å². The fourth-order valence-electron chi connectivity index (χ4n) is 2.97. The van der Waals surface area contributed by atoms with Crippen LogP contribution in [0, 0.1) is 18.6 Å². The molecule has 2 aromatic carbocycles. The summed E-state index contributed by atoms with van der Waals surface area (Å²) < 4.78 is 125. The SMILES string of the molecule is Cc1ccc(-c2noc(C(F)F)c2-c2cc(F)c(S(C)(=O)=O)c(F)c2)cc1OC(F)(F)F. The number of ether oxygens (including phenoxy) is 1. The standard InChI is InChI=1S/C19H12F7NO4S/c1-8-3-4-9(7-13(8)30-19(24,25)26)15-14(16(18(22)23)31-27-15)10-5-11(20)17(12(21)6-10)32(2,28)29/h3-7,18H,1-2H3. The summed E-state index contributed by atoms with van der Waals surface area (Å²) in [5.41, 5.74) is -1.77. The molecule has 0 fully saturated rings. The second-order valence-corrected chi connectivity index (χ2v) is 8.59. The molecule has 32 heavy (non-hydrogen) atoms. The highest BCUT2D eigenvalue weighted by Crippen LogP contribution is 2.41. The molecule has 0 saturated carbocycles. The van der Waals surface area contributed by atoms with E-state index < -0.39 is 67.5 Å². The van der Waals surface area contributed by atoms with Gasteiger partial charge in [-0.15, -0.1) is 13.2 Å². The zero-order valence-corrected chi connectivity index (χ0v) is 16.9. The zero-order chi connectivity index (χ0) is 24.0. The van der Waals surface area contributed by atoms with Crippen LogP contribution in [0.2, 0.25) is 0 Å². The average Bonchev–Trinajstić information content (AvgIpc) is 3.06. The molecule has 0 aliphatic rings. The summed E-state index contributed by atoms with van der Waals surface area (Å²) in [6.45, 7) is 1.30. The summed E-state index contributed by atoms with van der Waals surface area (Å²) in [4.78, 5) is -1.27. The quantitative estimate of drug-likeness (QED) is 0.427. The Morgan fingerprint density at radius 1 is 1.03 bits per heavy atom. The highest BCUT2D eigenvalue weighted by molar-refractivity contribution is 7.90. The van der Waals surface area contributed by atoms with Crippen molar-refractivity contribution in [1.82, 2.24) is 5.16 Å². The number of halogens is 7. The summed E-state index contributed by atoms with van der Waals surface area (Å²) in [7, 11) is -4.33. The van der Waals surface area contributed by atoms with E-state index >= 15 is 0 Å². The maximum absolute atomic E-state index is 14.4. The lowest BCUT2D eigenvalue weighted by molar-refractivity contribution is -0.274. The van der Waals surface area contributed by atoms with Crippen LogP contribution in [0.3, 0.4) is 0 Å². The lowest BCUT2D eigenvalue weighted by atomic mass is 9.98. The van der Waals surface area contributed by atoms with Gasteiger partial charge in [-0.25, -0.2) is 26.0 Å². The predicted molar refractivity (Wildman–Crippen MR) is 96.8 cm³/mol. The highest BCUT2D eigenvalue weighted by Gasteiger charge is 2.33. The van der Waals surface area contributed by atoms with Gasteiger partial charge in [0.05, 0.1) is 5.56 Å². The topological polar surface area (TPSA) is 69.4 Å². The van der Waals surface area contributed by atoms with E-state index in [0.29, 0.717) is 18.4 Å². The first kappa shape index (κ1) is 23.6. The molecule has 0 aliphatic carbocycles. The second-order valence-electron chi connectivity index (χ2n) is 6.64. The number of hydrogen-bond donors (Lipinski definition) is 0. The van der Waals surface area contributed by atoms with E-state index in [1.165, 1.54) is 19.1 Å². The van der Waals surface area contributed by atoms with Crippen molar-refractivity contribution < 1.29 is 48.4 Å². The Labute approximate surface area is 176 Å². The molecule has 0 aliphatic heterocycles. The number of rotatable bonds is 5. The fraction of sp³-hybridized carbons (Fsp3) is 0.211. The van der Waals surface area contributed by atoms with Crippen LogP contribution >= 0.6 is 0 Å². The smallest absolute Gasteiger partial charge is 0.405 e. The molecule has 13 heteroatoms. The second kappa shape index (κ2) is 8.11. The first-order valence-electron chi connectivity index (χ1n) is 8.53. The number of alkyl halides is 5. The lowest BCUT2D eigenvalue weighted by Gasteiger charge is -2.13. The molecule has 0 atom stereocenters. The Kier molecular flexibility index (Phi) is 5.98. The van der Waals surface area contributed by atoms with Crippen LogP contribution in [0.5, 0.6) is 5.75 Å². The molecule has 0 amide bonds. The molecule has 0 radical (unpaired) electrons. The van der Waals surface area contributed by atoms with Crippen molar-refractivity contribution in [1.29, 1.82) is 0 Å². The Bertz CT molecular complexity index is 1260. The maximum atomic E-state index is 14.4. The van der Waals surface area contributed by atoms with E-state index in [1.54, 1.807) is 0 Å². The van der Waals surface area contributed by atoms with E-state index in [2.05, 4.69) is 14.4 Å². The molecule has 0 bridgehead atoms. The summed E-state index contributed by atoms with van der Waals surface area (Å²) in [5, 5.41) is 3.43. The Balaban J connectivity index is 2.25. The van der Waals surface area contributed by atoms with Crippen molar-refractivity contribution in [2.45, 2.75) is 24.6 Å². The minimum absolute atomic E-state index is 0.0554. The lowest BCUT2D eigenvalue weighted by Crippen LogP contribution is -2.17. The van der Waals surface area contributed by atoms with Gasteiger partial charge >= 0.3 is 6.36 Å². The molecule has 0 spiro atoms. The number of aryl methyl sites for hydroxylation is 1. The van der Waals surface area contributed by atoms with Gasteiger partial charge in [-0.05, 0) is 36.2 Å². The summed E-state index contributed by atoms with van der Waals surface area (Å²) in [5.74, 6) is -4.89. The van der Waals surface area contributed by atoms with Gasteiger partial charge in [0.1, 0.15) is 28.0 Å². The van der Waals surface area contributed by atoms with Gasteiger partial charge in [-0.3, -0.25) is 0 Å². The van der Waals surface area contributed by atoms with Crippen LogP contribution in [0.4, 0.5) is 30.7 Å².